The number of hydrogen-bond donors (Lipinski definition) is 0. The van der Waals surface area contributed by atoms with E-state index in [2.05, 4.69) is 13.8 Å². The van der Waals surface area contributed by atoms with Crippen molar-refractivity contribution in [3.05, 3.63) is 0 Å². The Morgan fingerprint density at radius 1 is 0.615 bits per heavy atom. The molecule has 0 saturated heterocycles. The summed E-state index contributed by atoms with van der Waals surface area (Å²) in [6.45, 7) is 4.68. The third kappa shape index (κ3) is 6.63. The molecule has 0 atom stereocenters. The molecule has 0 aromatic heterocycles. The van der Waals surface area contributed by atoms with E-state index < -0.39 is 0 Å². The van der Waals surface area contributed by atoms with Gasteiger partial charge in [0.15, 0.2) is 0 Å². The molecule has 0 spiro atoms. The van der Waals surface area contributed by atoms with Crippen molar-refractivity contribution in [1.82, 2.24) is 0 Å². The monoisotopic (exact) mass is 219 g/mol. The summed E-state index contributed by atoms with van der Waals surface area (Å²) in [6.07, 6.45) is 11.9. The summed E-state index contributed by atoms with van der Waals surface area (Å²) >= 11 is 0. The maximum atomic E-state index is 2.34. The summed E-state index contributed by atoms with van der Waals surface area (Å²) in [6, 6.07) is 0. The van der Waals surface area contributed by atoms with Gasteiger partial charge in [-0.3, -0.25) is 0 Å². The van der Waals surface area contributed by atoms with Crippen molar-refractivity contribution in [3.8, 4) is 0 Å². The standard InChI is InChI=1S/2C6H12.V/c2*1-6-4-2-3-5-6;/h2*6H,2-5H2,1H3;. The minimum atomic E-state index is 0. The molecule has 2 aliphatic carbocycles. The Morgan fingerprint density at radius 3 is 0.923 bits per heavy atom. The Hall–Kier alpha value is 0.584. The van der Waals surface area contributed by atoms with Gasteiger partial charge in [-0.1, -0.05) is 65.2 Å². The molecular weight excluding hydrogens is 195 g/mol. The predicted octanol–water partition coefficient (Wildman–Crippen LogP) is 4.39. The van der Waals surface area contributed by atoms with Crippen LogP contribution in [0.25, 0.3) is 0 Å². The van der Waals surface area contributed by atoms with Crippen molar-refractivity contribution in [2.24, 2.45) is 11.8 Å². The first-order chi connectivity index (χ1) is 5.79. The molecule has 0 heterocycles. The zero-order chi connectivity index (χ0) is 8.81. The van der Waals surface area contributed by atoms with Crippen molar-refractivity contribution in [1.29, 1.82) is 0 Å². The second kappa shape index (κ2) is 7.94. The van der Waals surface area contributed by atoms with E-state index in [0.717, 1.165) is 11.8 Å². The Kier molecular flexibility index (Phi) is 8.30. The molecule has 0 aromatic rings. The van der Waals surface area contributed by atoms with Gasteiger partial charge in [0.05, 0.1) is 0 Å². The molecule has 13 heavy (non-hydrogen) atoms. The molecule has 2 aliphatic rings. The quantitative estimate of drug-likeness (QED) is 0.566. The van der Waals surface area contributed by atoms with E-state index in [-0.39, 0.29) is 18.6 Å². The minimum absolute atomic E-state index is 0. The fourth-order valence-corrected chi connectivity index (χ4v) is 2.26. The summed E-state index contributed by atoms with van der Waals surface area (Å²) in [5.41, 5.74) is 0. The van der Waals surface area contributed by atoms with Gasteiger partial charge >= 0.3 is 0 Å². The van der Waals surface area contributed by atoms with E-state index in [1.165, 1.54) is 51.4 Å². The van der Waals surface area contributed by atoms with Crippen molar-refractivity contribution >= 4 is 0 Å². The molecular formula is C12H24V. The van der Waals surface area contributed by atoms with Crippen molar-refractivity contribution in [2.45, 2.75) is 65.2 Å². The second-order valence-corrected chi connectivity index (χ2v) is 4.78. The molecule has 1 radical (unpaired) electrons. The predicted molar refractivity (Wildman–Crippen MR) is 55.3 cm³/mol. The maximum absolute atomic E-state index is 2.34. The third-order valence-corrected chi connectivity index (χ3v) is 3.29. The SMILES string of the molecule is CC1CCCC1.CC1CCCC1.[V]. The van der Waals surface area contributed by atoms with E-state index in [9.17, 15) is 0 Å². The first kappa shape index (κ1) is 13.6. The van der Waals surface area contributed by atoms with E-state index in [4.69, 9.17) is 0 Å². The smallest absolute Gasteiger partial charge is 0 e. The largest absolute Gasteiger partial charge is 0.0625 e. The van der Waals surface area contributed by atoms with Gasteiger partial charge in [0.25, 0.3) is 0 Å². The van der Waals surface area contributed by atoms with Gasteiger partial charge in [0.1, 0.15) is 0 Å². The van der Waals surface area contributed by atoms with Crippen LogP contribution in [0.4, 0.5) is 0 Å². The molecule has 2 fully saturated rings. The van der Waals surface area contributed by atoms with Crippen molar-refractivity contribution in [3.63, 3.8) is 0 Å². The average Bonchev–Trinajstić information content (AvgIpc) is 2.63. The van der Waals surface area contributed by atoms with Crippen LogP contribution in [0.3, 0.4) is 0 Å². The van der Waals surface area contributed by atoms with Crippen molar-refractivity contribution < 1.29 is 18.6 Å². The minimum Gasteiger partial charge on any atom is -0.0625 e. The molecule has 1 heteroatoms. The third-order valence-electron chi connectivity index (χ3n) is 3.29. The zero-order valence-electron chi connectivity index (χ0n) is 9.26. The van der Waals surface area contributed by atoms with Crippen LogP contribution < -0.4 is 0 Å². The van der Waals surface area contributed by atoms with Crippen LogP contribution in [0, 0.1) is 11.8 Å². The first-order valence-electron chi connectivity index (χ1n) is 5.79. The van der Waals surface area contributed by atoms with Crippen LogP contribution in [0.15, 0.2) is 0 Å². The van der Waals surface area contributed by atoms with Gasteiger partial charge in [-0.15, -0.1) is 0 Å². The molecule has 0 nitrogen and oxygen atoms in total. The molecule has 0 amide bonds. The summed E-state index contributed by atoms with van der Waals surface area (Å²) < 4.78 is 0. The Labute approximate surface area is 95.8 Å². The zero-order valence-corrected chi connectivity index (χ0v) is 10.7. The average molecular weight is 219 g/mol. The summed E-state index contributed by atoms with van der Waals surface area (Å²) in [5.74, 6) is 2.09. The van der Waals surface area contributed by atoms with Crippen LogP contribution in [0.1, 0.15) is 65.2 Å². The van der Waals surface area contributed by atoms with E-state index in [1.54, 1.807) is 0 Å². The van der Waals surface area contributed by atoms with Gasteiger partial charge in [-0.05, 0) is 11.8 Å². The molecule has 0 bridgehead atoms. The van der Waals surface area contributed by atoms with Crippen LogP contribution in [0.2, 0.25) is 0 Å². The van der Waals surface area contributed by atoms with Crippen LogP contribution in [-0.4, -0.2) is 0 Å². The molecule has 2 rings (SSSR count). The molecule has 0 aromatic carbocycles. The van der Waals surface area contributed by atoms with E-state index in [0.29, 0.717) is 0 Å². The van der Waals surface area contributed by atoms with Crippen molar-refractivity contribution in [2.75, 3.05) is 0 Å². The molecule has 2 saturated carbocycles. The summed E-state index contributed by atoms with van der Waals surface area (Å²) in [7, 11) is 0. The van der Waals surface area contributed by atoms with Gasteiger partial charge in [0, 0.05) is 18.6 Å². The Balaban J connectivity index is 0.000000206. The molecule has 0 N–H and O–H groups in total. The maximum Gasteiger partial charge on any atom is 0 e. The number of hydrogen-bond acceptors (Lipinski definition) is 0. The topological polar surface area (TPSA) is 0 Å². The fourth-order valence-electron chi connectivity index (χ4n) is 2.26. The van der Waals surface area contributed by atoms with Crippen LogP contribution >= 0.6 is 0 Å². The normalized spacial score (nSPS) is 23.5. The van der Waals surface area contributed by atoms with E-state index >= 15 is 0 Å². The van der Waals surface area contributed by atoms with Crippen LogP contribution in [-0.2, 0) is 18.6 Å². The first-order valence-corrected chi connectivity index (χ1v) is 5.79. The fraction of sp³-hybridized carbons (Fsp3) is 1.00. The molecule has 0 unspecified atom stereocenters. The van der Waals surface area contributed by atoms with Gasteiger partial charge in [-0.25, -0.2) is 0 Å². The van der Waals surface area contributed by atoms with E-state index in [1.807, 2.05) is 0 Å². The van der Waals surface area contributed by atoms with Gasteiger partial charge in [0.2, 0.25) is 0 Å². The number of rotatable bonds is 0. The summed E-state index contributed by atoms with van der Waals surface area (Å²) in [5, 5.41) is 0. The summed E-state index contributed by atoms with van der Waals surface area (Å²) in [4.78, 5) is 0. The Bertz CT molecular complexity index is 85.7. The van der Waals surface area contributed by atoms with Crippen LogP contribution in [0.5, 0.6) is 0 Å². The van der Waals surface area contributed by atoms with Gasteiger partial charge < -0.3 is 0 Å². The molecule has 0 aliphatic heterocycles. The molecule has 77 valence electrons. The van der Waals surface area contributed by atoms with Gasteiger partial charge in [-0.2, -0.15) is 0 Å². The Morgan fingerprint density at radius 2 is 0.846 bits per heavy atom. The second-order valence-electron chi connectivity index (χ2n) is 4.78.